The predicted molar refractivity (Wildman–Crippen MR) is 59.3 cm³/mol. The molecule has 0 amide bonds. The Morgan fingerprint density at radius 1 is 1.27 bits per heavy atom. The van der Waals surface area contributed by atoms with Crippen molar-refractivity contribution >= 4 is 16.7 Å². The number of hydrogen-bond acceptors (Lipinski definition) is 2. The average Bonchev–Trinajstić information content (AvgIpc) is 2.17. The van der Waals surface area contributed by atoms with Crippen LogP contribution in [0.1, 0.15) is 22.8 Å². The summed E-state index contributed by atoms with van der Waals surface area (Å²) in [6.45, 7) is 3.37. The number of fused-ring (bicyclic) bond motifs is 1. The summed E-state index contributed by atoms with van der Waals surface area (Å²) < 4.78 is 0. The Kier molecular flexibility index (Phi) is 2.15. The van der Waals surface area contributed by atoms with E-state index in [1.54, 1.807) is 6.07 Å². The van der Waals surface area contributed by atoms with Crippen molar-refractivity contribution in [2.75, 3.05) is 0 Å². The molecule has 0 saturated carbocycles. The maximum absolute atomic E-state index is 11.5. The van der Waals surface area contributed by atoms with E-state index in [1.165, 1.54) is 6.92 Å². The topological polar surface area (TPSA) is 49.9 Å². The van der Waals surface area contributed by atoms with E-state index in [1.807, 2.05) is 25.1 Å². The SMILES string of the molecule is CC(=O)c1cc2cc(C)ccc2[nH]c1=O. The zero-order valence-electron chi connectivity index (χ0n) is 8.63. The lowest BCUT2D eigenvalue weighted by molar-refractivity contribution is 0.101. The number of carbonyl (C=O) groups excluding carboxylic acids is 1. The summed E-state index contributed by atoms with van der Waals surface area (Å²) in [5.74, 6) is -0.209. The molecule has 0 spiro atoms. The lowest BCUT2D eigenvalue weighted by Crippen LogP contribution is -2.15. The molecule has 76 valence electrons. The number of ketones is 1. The third-order valence-corrected chi connectivity index (χ3v) is 2.38. The number of hydrogen-bond donors (Lipinski definition) is 1. The molecule has 1 aromatic heterocycles. The van der Waals surface area contributed by atoms with Gasteiger partial charge in [0.25, 0.3) is 5.56 Å². The number of nitrogens with one attached hydrogen (secondary N) is 1. The molecule has 0 fully saturated rings. The highest BCUT2D eigenvalue weighted by atomic mass is 16.1. The smallest absolute Gasteiger partial charge is 0.259 e. The van der Waals surface area contributed by atoms with E-state index in [-0.39, 0.29) is 16.9 Å². The molecule has 1 heterocycles. The molecule has 3 nitrogen and oxygen atoms in total. The van der Waals surface area contributed by atoms with Gasteiger partial charge >= 0.3 is 0 Å². The van der Waals surface area contributed by atoms with Crippen molar-refractivity contribution in [2.24, 2.45) is 0 Å². The lowest BCUT2D eigenvalue weighted by Gasteiger charge is -2.01. The molecule has 3 heteroatoms. The molecular formula is C12H11NO2. The number of aromatic nitrogens is 1. The number of Topliss-reactive ketones (excluding diaryl/α,β-unsaturated/α-hetero) is 1. The van der Waals surface area contributed by atoms with Crippen LogP contribution in [-0.4, -0.2) is 10.8 Å². The van der Waals surface area contributed by atoms with E-state index < -0.39 is 0 Å². The third kappa shape index (κ3) is 1.68. The molecule has 0 aliphatic rings. The summed E-state index contributed by atoms with van der Waals surface area (Å²) >= 11 is 0. The summed E-state index contributed by atoms with van der Waals surface area (Å²) in [5.41, 5.74) is 1.76. The minimum Gasteiger partial charge on any atom is -0.321 e. The number of benzene rings is 1. The van der Waals surface area contributed by atoms with Crippen LogP contribution in [0, 0.1) is 6.92 Å². The molecule has 0 saturated heterocycles. The van der Waals surface area contributed by atoms with Crippen molar-refractivity contribution in [3.05, 3.63) is 45.7 Å². The zero-order valence-corrected chi connectivity index (χ0v) is 8.63. The van der Waals surface area contributed by atoms with E-state index in [0.717, 1.165) is 16.5 Å². The van der Waals surface area contributed by atoms with Gasteiger partial charge in [-0.1, -0.05) is 11.6 Å². The molecule has 1 N–H and O–H groups in total. The molecule has 0 aliphatic heterocycles. The van der Waals surface area contributed by atoms with Gasteiger partial charge in [0.05, 0.1) is 5.56 Å². The molecule has 0 radical (unpaired) electrons. The van der Waals surface area contributed by atoms with Crippen LogP contribution in [0.15, 0.2) is 29.1 Å². The Morgan fingerprint density at radius 3 is 2.67 bits per heavy atom. The zero-order chi connectivity index (χ0) is 11.0. The van der Waals surface area contributed by atoms with Gasteiger partial charge in [-0.3, -0.25) is 9.59 Å². The van der Waals surface area contributed by atoms with Crippen molar-refractivity contribution in [1.82, 2.24) is 4.98 Å². The molecule has 0 unspecified atom stereocenters. The molecule has 2 aromatic rings. The second kappa shape index (κ2) is 3.35. The summed E-state index contributed by atoms with van der Waals surface area (Å²) in [6.07, 6.45) is 0. The van der Waals surface area contributed by atoms with Gasteiger partial charge in [-0.15, -0.1) is 0 Å². The van der Waals surface area contributed by atoms with Gasteiger partial charge in [0.15, 0.2) is 5.78 Å². The van der Waals surface area contributed by atoms with Crippen LogP contribution < -0.4 is 5.56 Å². The fraction of sp³-hybridized carbons (Fsp3) is 0.167. The Hall–Kier alpha value is -1.90. The van der Waals surface area contributed by atoms with Crippen molar-refractivity contribution in [2.45, 2.75) is 13.8 Å². The van der Waals surface area contributed by atoms with Gasteiger partial charge in [-0.25, -0.2) is 0 Å². The van der Waals surface area contributed by atoms with Crippen LogP contribution in [0.5, 0.6) is 0 Å². The Morgan fingerprint density at radius 2 is 2.00 bits per heavy atom. The van der Waals surface area contributed by atoms with Gasteiger partial charge in [0.2, 0.25) is 0 Å². The predicted octanol–water partition coefficient (Wildman–Crippen LogP) is 2.04. The number of rotatable bonds is 1. The lowest BCUT2D eigenvalue weighted by atomic mass is 10.1. The number of H-pyrrole nitrogens is 1. The second-order valence-corrected chi connectivity index (χ2v) is 3.66. The standard InChI is InChI=1S/C12H11NO2/c1-7-3-4-11-9(5-7)6-10(8(2)14)12(15)13-11/h3-6H,1-2H3,(H,13,15). The summed E-state index contributed by atoms with van der Waals surface area (Å²) in [5, 5.41) is 0.889. The van der Waals surface area contributed by atoms with Crippen molar-refractivity contribution in [1.29, 1.82) is 0 Å². The van der Waals surface area contributed by atoms with E-state index in [9.17, 15) is 9.59 Å². The molecule has 15 heavy (non-hydrogen) atoms. The van der Waals surface area contributed by atoms with Crippen molar-refractivity contribution in [3.8, 4) is 0 Å². The van der Waals surface area contributed by atoms with Gasteiger partial charge in [0.1, 0.15) is 0 Å². The maximum Gasteiger partial charge on any atom is 0.259 e. The largest absolute Gasteiger partial charge is 0.321 e. The quantitative estimate of drug-likeness (QED) is 0.718. The van der Waals surface area contributed by atoms with Crippen LogP contribution >= 0.6 is 0 Å². The second-order valence-electron chi connectivity index (χ2n) is 3.66. The molecule has 2 rings (SSSR count). The number of carbonyl (C=O) groups is 1. The van der Waals surface area contributed by atoms with E-state index in [4.69, 9.17) is 0 Å². The fourth-order valence-corrected chi connectivity index (χ4v) is 1.59. The molecular weight excluding hydrogens is 190 g/mol. The van der Waals surface area contributed by atoms with Gasteiger partial charge in [-0.05, 0) is 37.4 Å². The van der Waals surface area contributed by atoms with E-state index in [2.05, 4.69) is 4.98 Å². The van der Waals surface area contributed by atoms with E-state index >= 15 is 0 Å². The highest BCUT2D eigenvalue weighted by Gasteiger charge is 2.06. The van der Waals surface area contributed by atoms with Crippen LogP contribution in [0.4, 0.5) is 0 Å². The van der Waals surface area contributed by atoms with Crippen LogP contribution in [0.3, 0.4) is 0 Å². The average molecular weight is 201 g/mol. The van der Waals surface area contributed by atoms with Crippen molar-refractivity contribution in [3.63, 3.8) is 0 Å². The summed E-state index contributed by atoms with van der Waals surface area (Å²) in [6, 6.07) is 7.35. The number of pyridine rings is 1. The minimum absolute atomic E-state index is 0.209. The third-order valence-electron chi connectivity index (χ3n) is 2.38. The van der Waals surface area contributed by atoms with Gasteiger partial charge < -0.3 is 4.98 Å². The summed E-state index contributed by atoms with van der Waals surface area (Å²) in [4.78, 5) is 25.3. The normalized spacial score (nSPS) is 10.5. The number of aryl methyl sites for hydroxylation is 1. The van der Waals surface area contributed by atoms with Crippen LogP contribution in [0.25, 0.3) is 10.9 Å². The minimum atomic E-state index is -0.321. The Labute approximate surface area is 86.8 Å². The number of aromatic amines is 1. The first-order valence-corrected chi connectivity index (χ1v) is 4.72. The monoisotopic (exact) mass is 201 g/mol. The van der Waals surface area contributed by atoms with Gasteiger partial charge in [0, 0.05) is 5.52 Å². The molecule has 0 bridgehead atoms. The van der Waals surface area contributed by atoms with Crippen molar-refractivity contribution < 1.29 is 4.79 Å². The van der Waals surface area contributed by atoms with E-state index in [0.29, 0.717) is 0 Å². The molecule has 0 aliphatic carbocycles. The highest BCUT2D eigenvalue weighted by Crippen LogP contribution is 2.13. The Bertz CT molecular complexity index is 596. The van der Waals surface area contributed by atoms with Crippen LogP contribution in [-0.2, 0) is 0 Å². The van der Waals surface area contributed by atoms with Gasteiger partial charge in [-0.2, -0.15) is 0 Å². The van der Waals surface area contributed by atoms with Crippen LogP contribution in [0.2, 0.25) is 0 Å². The summed E-state index contributed by atoms with van der Waals surface area (Å²) in [7, 11) is 0. The molecule has 0 atom stereocenters. The first kappa shape index (κ1) is 9.65. The first-order valence-electron chi connectivity index (χ1n) is 4.72. The fourth-order valence-electron chi connectivity index (χ4n) is 1.59. The first-order chi connectivity index (χ1) is 7.08. The highest BCUT2D eigenvalue weighted by molar-refractivity contribution is 5.97. The molecule has 1 aromatic carbocycles. The maximum atomic E-state index is 11.5. The Balaban J connectivity index is 2.83.